The summed E-state index contributed by atoms with van der Waals surface area (Å²) in [6, 6.07) is 0. The van der Waals surface area contributed by atoms with Gasteiger partial charge in [0.25, 0.3) is 0 Å². The molecule has 0 bridgehead atoms. The Morgan fingerprint density at radius 3 is 2.71 bits per heavy atom. The number of rotatable bonds is 2. The highest BCUT2D eigenvalue weighted by Gasteiger charge is 2.18. The van der Waals surface area contributed by atoms with E-state index in [1.807, 2.05) is 0 Å². The number of ether oxygens (including phenoxy) is 2. The molecule has 1 aliphatic heterocycles. The minimum Gasteiger partial charge on any atom is -0.450 e. The van der Waals surface area contributed by atoms with Gasteiger partial charge in [0, 0.05) is 6.21 Å². The Labute approximate surface area is 78.3 Å². The molecule has 76 valence electrons. The quantitative estimate of drug-likeness (QED) is 0.647. The molecule has 14 heavy (non-hydrogen) atoms. The smallest absolute Gasteiger partial charge is 0.450 e. The van der Waals surface area contributed by atoms with Gasteiger partial charge in [-0.05, 0) is 0 Å². The minimum absolute atomic E-state index is 0.0299. The Kier molecular flexibility index (Phi) is 3.05. The maximum absolute atomic E-state index is 10.1. The first-order valence-electron chi connectivity index (χ1n) is 3.60. The average Bonchev–Trinajstić information content (AvgIpc) is 2.01. The Balaban J connectivity index is 2.50. The van der Waals surface area contributed by atoms with Gasteiger partial charge in [-0.2, -0.15) is 0 Å². The summed E-state index contributed by atoms with van der Waals surface area (Å²) in [7, 11) is 0. The van der Waals surface area contributed by atoms with Gasteiger partial charge in [0.15, 0.2) is 0 Å². The topological polar surface area (TPSA) is 105 Å². The van der Waals surface area contributed by atoms with Gasteiger partial charge in [-0.1, -0.05) is 0 Å². The van der Waals surface area contributed by atoms with Crippen LogP contribution in [0.5, 0.6) is 0 Å². The first-order chi connectivity index (χ1) is 6.58. The standard InChI is InChI=1S/C7H7NO6/c9-6(10)13-4-1-5(3-8-2-4)14-7(11)12/h2-4H,1H2,(H,9,10)(H,11,12). The number of carbonyl (C=O) groups is 2. The van der Waals surface area contributed by atoms with Gasteiger partial charge < -0.3 is 19.7 Å². The van der Waals surface area contributed by atoms with Crippen molar-refractivity contribution in [3.8, 4) is 0 Å². The number of hydrogen-bond acceptors (Lipinski definition) is 5. The molecule has 1 atom stereocenters. The van der Waals surface area contributed by atoms with Crippen LogP contribution in [0.1, 0.15) is 6.42 Å². The van der Waals surface area contributed by atoms with Gasteiger partial charge in [0.1, 0.15) is 11.9 Å². The van der Waals surface area contributed by atoms with E-state index in [0.29, 0.717) is 0 Å². The third kappa shape index (κ3) is 3.13. The van der Waals surface area contributed by atoms with E-state index in [1.54, 1.807) is 0 Å². The van der Waals surface area contributed by atoms with E-state index in [4.69, 9.17) is 10.2 Å². The Hall–Kier alpha value is -2.05. The summed E-state index contributed by atoms with van der Waals surface area (Å²) in [6.07, 6.45) is -1.24. The van der Waals surface area contributed by atoms with Crippen LogP contribution in [0, 0.1) is 0 Å². The molecule has 1 unspecified atom stereocenters. The minimum atomic E-state index is -1.47. The van der Waals surface area contributed by atoms with Gasteiger partial charge in [-0.15, -0.1) is 0 Å². The highest BCUT2D eigenvalue weighted by atomic mass is 16.7. The molecule has 1 rings (SSSR count). The van der Waals surface area contributed by atoms with Crippen LogP contribution in [0.3, 0.4) is 0 Å². The largest absolute Gasteiger partial charge is 0.511 e. The summed E-state index contributed by atoms with van der Waals surface area (Å²) in [5.41, 5.74) is 0. The molecule has 0 aromatic rings. The molecular weight excluding hydrogens is 194 g/mol. The first-order valence-corrected chi connectivity index (χ1v) is 3.60. The molecule has 7 nitrogen and oxygen atoms in total. The number of nitrogens with zero attached hydrogens (tertiary/aromatic N) is 1. The van der Waals surface area contributed by atoms with Crippen molar-refractivity contribution in [2.45, 2.75) is 12.5 Å². The van der Waals surface area contributed by atoms with Crippen LogP contribution >= 0.6 is 0 Å². The summed E-state index contributed by atoms with van der Waals surface area (Å²) in [5, 5.41) is 16.5. The third-order valence-corrected chi connectivity index (χ3v) is 1.34. The second-order valence-corrected chi connectivity index (χ2v) is 2.39. The zero-order chi connectivity index (χ0) is 10.6. The summed E-state index contributed by atoms with van der Waals surface area (Å²) in [5.74, 6) is 0.0475. The molecule has 0 amide bonds. The normalized spacial score (nSPS) is 19.7. The van der Waals surface area contributed by atoms with E-state index < -0.39 is 18.4 Å². The number of carboxylic acid groups (broad SMARTS) is 2. The second kappa shape index (κ2) is 4.26. The van der Waals surface area contributed by atoms with Crippen molar-refractivity contribution in [1.29, 1.82) is 0 Å². The van der Waals surface area contributed by atoms with Crippen molar-refractivity contribution >= 4 is 18.5 Å². The summed E-state index contributed by atoms with van der Waals surface area (Å²) in [4.78, 5) is 23.8. The van der Waals surface area contributed by atoms with E-state index in [-0.39, 0.29) is 12.2 Å². The molecule has 0 saturated heterocycles. The SMILES string of the molecule is O=C(O)OC1=CN=CC(OC(=O)O)C1. The van der Waals surface area contributed by atoms with Crippen LogP contribution in [0.4, 0.5) is 9.59 Å². The molecule has 0 aromatic carbocycles. The predicted molar refractivity (Wildman–Crippen MR) is 43.2 cm³/mol. The van der Waals surface area contributed by atoms with Gasteiger partial charge in [-0.3, -0.25) is 4.99 Å². The molecule has 1 aliphatic rings. The van der Waals surface area contributed by atoms with Crippen LogP contribution in [-0.4, -0.2) is 34.8 Å². The van der Waals surface area contributed by atoms with Gasteiger partial charge in [0.05, 0.1) is 12.6 Å². The fourth-order valence-electron chi connectivity index (χ4n) is 0.908. The maximum atomic E-state index is 10.1. The molecule has 7 heteroatoms. The molecular formula is C7H7NO6. The Morgan fingerprint density at radius 1 is 1.43 bits per heavy atom. The lowest BCUT2D eigenvalue weighted by Gasteiger charge is -2.14. The van der Waals surface area contributed by atoms with Gasteiger partial charge in [-0.25, -0.2) is 9.59 Å². The highest BCUT2D eigenvalue weighted by Crippen LogP contribution is 2.13. The van der Waals surface area contributed by atoms with Crippen molar-refractivity contribution in [2.24, 2.45) is 4.99 Å². The zero-order valence-corrected chi connectivity index (χ0v) is 6.91. The average molecular weight is 201 g/mol. The summed E-state index contributed by atoms with van der Waals surface area (Å²) < 4.78 is 8.65. The molecule has 0 fully saturated rings. The molecule has 1 heterocycles. The molecule has 0 spiro atoms. The first kappa shape index (κ1) is 10.0. The molecule has 2 N–H and O–H groups in total. The molecule has 0 aliphatic carbocycles. The fraction of sp³-hybridized carbons (Fsp3) is 0.286. The third-order valence-electron chi connectivity index (χ3n) is 1.34. The van der Waals surface area contributed by atoms with E-state index in [9.17, 15) is 9.59 Å². The Morgan fingerprint density at radius 2 is 2.14 bits per heavy atom. The maximum Gasteiger partial charge on any atom is 0.511 e. The van der Waals surface area contributed by atoms with Gasteiger partial charge >= 0.3 is 12.3 Å². The van der Waals surface area contributed by atoms with Crippen molar-refractivity contribution in [3.05, 3.63) is 12.0 Å². The van der Waals surface area contributed by atoms with Crippen molar-refractivity contribution in [2.75, 3.05) is 0 Å². The van der Waals surface area contributed by atoms with E-state index in [2.05, 4.69) is 14.5 Å². The van der Waals surface area contributed by atoms with Gasteiger partial charge in [0.2, 0.25) is 0 Å². The van der Waals surface area contributed by atoms with Crippen LogP contribution in [-0.2, 0) is 9.47 Å². The lowest BCUT2D eigenvalue weighted by Crippen LogP contribution is -2.22. The summed E-state index contributed by atoms with van der Waals surface area (Å²) >= 11 is 0. The zero-order valence-electron chi connectivity index (χ0n) is 6.91. The lowest BCUT2D eigenvalue weighted by atomic mass is 10.2. The lowest BCUT2D eigenvalue weighted by molar-refractivity contribution is 0.0684. The van der Waals surface area contributed by atoms with Crippen LogP contribution in [0.2, 0.25) is 0 Å². The monoisotopic (exact) mass is 201 g/mol. The van der Waals surface area contributed by atoms with Crippen LogP contribution < -0.4 is 0 Å². The number of aliphatic imine (C=N–C) groups is 1. The molecule has 0 radical (unpaired) electrons. The highest BCUT2D eigenvalue weighted by molar-refractivity contribution is 5.70. The fourth-order valence-corrected chi connectivity index (χ4v) is 0.908. The van der Waals surface area contributed by atoms with Crippen LogP contribution in [0.25, 0.3) is 0 Å². The van der Waals surface area contributed by atoms with E-state index >= 15 is 0 Å². The van der Waals surface area contributed by atoms with E-state index in [1.165, 1.54) is 12.4 Å². The predicted octanol–water partition coefficient (Wildman–Crippen LogP) is 1.06. The summed E-state index contributed by atoms with van der Waals surface area (Å²) in [6.45, 7) is 0. The second-order valence-electron chi connectivity index (χ2n) is 2.39. The molecule has 0 aromatic heterocycles. The van der Waals surface area contributed by atoms with E-state index in [0.717, 1.165) is 0 Å². The van der Waals surface area contributed by atoms with Crippen molar-refractivity contribution < 1.29 is 29.3 Å². The van der Waals surface area contributed by atoms with Crippen molar-refractivity contribution in [1.82, 2.24) is 0 Å². The Bertz CT molecular complexity index is 307. The molecule has 0 saturated carbocycles. The van der Waals surface area contributed by atoms with Crippen LogP contribution in [0.15, 0.2) is 17.0 Å². The van der Waals surface area contributed by atoms with Crippen molar-refractivity contribution in [3.63, 3.8) is 0 Å². The number of hydrogen-bond donors (Lipinski definition) is 2.